The zero-order valence-electron chi connectivity index (χ0n) is 28.0. The molecular weight excluding hydrogens is 643 g/mol. The minimum atomic E-state index is 0.265. The molecule has 50 heavy (non-hydrogen) atoms. The van der Waals surface area contributed by atoms with E-state index >= 15 is 0 Å². The van der Waals surface area contributed by atoms with E-state index in [4.69, 9.17) is 5.41 Å². The van der Waals surface area contributed by atoms with Crippen molar-refractivity contribution >= 4 is 68.7 Å². The van der Waals surface area contributed by atoms with Gasteiger partial charge in [0.2, 0.25) is 0 Å². The maximum atomic E-state index is 8.97. The van der Waals surface area contributed by atoms with Crippen LogP contribution in [-0.2, 0) is 0 Å². The Morgan fingerprint density at radius 1 is 0.600 bits per heavy atom. The van der Waals surface area contributed by atoms with Crippen LogP contribution in [0.15, 0.2) is 189 Å². The molecule has 0 aliphatic rings. The van der Waals surface area contributed by atoms with Gasteiger partial charge in [0.15, 0.2) is 0 Å². The highest BCUT2D eigenvalue weighted by Gasteiger charge is 2.14. The first-order chi connectivity index (χ1) is 24.5. The van der Waals surface area contributed by atoms with Crippen molar-refractivity contribution in [2.75, 3.05) is 0 Å². The van der Waals surface area contributed by atoms with Crippen molar-refractivity contribution in [3.8, 4) is 22.3 Å². The molecule has 0 spiro atoms. The van der Waals surface area contributed by atoms with Gasteiger partial charge in [-0.1, -0.05) is 142 Å². The molecule has 0 aliphatic heterocycles. The lowest BCUT2D eigenvalue weighted by atomic mass is 9.90. The van der Waals surface area contributed by atoms with Crippen molar-refractivity contribution in [1.82, 2.24) is 0 Å². The molecule has 0 saturated heterocycles. The van der Waals surface area contributed by atoms with Crippen LogP contribution >= 0.6 is 22.7 Å². The van der Waals surface area contributed by atoms with Crippen molar-refractivity contribution in [2.24, 2.45) is 5.92 Å². The molecule has 3 heteroatoms. The van der Waals surface area contributed by atoms with E-state index in [9.17, 15) is 0 Å². The van der Waals surface area contributed by atoms with Crippen LogP contribution in [0.5, 0.6) is 0 Å². The van der Waals surface area contributed by atoms with Crippen LogP contribution in [0.3, 0.4) is 0 Å². The van der Waals surface area contributed by atoms with E-state index < -0.39 is 0 Å². The van der Waals surface area contributed by atoms with Crippen LogP contribution in [0.4, 0.5) is 0 Å². The second-order valence-electron chi connectivity index (χ2n) is 12.2. The Hall–Kier alpha value is -5.61. The number of hydrogen-bond donors (Lipinski definition) is 1. The molecule has 1 N–H and O–H groups in total. The van der Waals surface area contributed by atoms with Crippen molar-refractivity contribution < 1.29 is 0 Å². The zero-order chi connectivity index (χ0) is 34.5. The van der Waals surface area contributed by atoms with Gasteiger partial charge in [0, 0.05) is 45.9 Å². The fourth-order valence-electron chi connectivity index (χ4n) is 6.38. The van der Waals surface area contributed by atoms with Crippen LogP contribution in [-0.4, -0.2) is 5.71 Å². The Bertz CT molecular complexity index is 2560. The lowest BCUT2D eigenvalue weighted by molar-refractivity contribution is 0.892. The fraction of sp³-hybridized carbons (Fsp3) is 0.0426. The van der Waals surface area contributed by atoms with Crippen LogP contribution < -0.4 is 0 Å². The summed E-state index contributed by atoms with van der Waals surface area (Å²) in [6.07, 6.45) is 21.5. The average Bonchev–Trinajstić information content (AvgIpc) is 3.72. The molecule has 0 aliphatic carbocycles. The molecule has 0 saturated carbocycles. The van der Waals surface area contributed by atoms with E-state index in [0.717, 1.165) is 27.8 Å². The van der Waals surface area contributed by atoms with Gasteiger partial charge in [0.05, 0.1) is 5.71 Å². The van der Waals surface area contributed by atoms with E-state index in [1.54, 1.807) is 6.08 Å². The summed E-state index contributed by atoms with van der Waals surface area (Å²) in [4.78, 5) is 0. The summed E-state index contributed by atoms with van der Waals surface area (Å²) in [6, 6.07) is 37.4. The average molecular weight is 680 g/mol. The Morgan fingerprint density at radius 2 is 1.16 bits per heavy atom. The third kappa shape index (κ3) is 6.79. The summed E-state index contributed by atoms with van der Waals surface area (Å²) in [6.45, 7) is 9.80. The van der Waals surface area contributed by atoms with Gasteiger partial charge in [0.25, 0.3) is 0 Å². The minimum absolute atomic E-state index is 0.265. The topological polar surface area (TPSA) is 23.9 Å². The number of hydrogen-bond acceptors (Lipinski definition) is 3. The lowest BCUT2D eigenvalue weighted by Gasteiger charge is -2.13. The van der Waals surface area contributed by atoms with Gasteiger partial charge in [-0.25, -0.2) is 0 Å². The van der Waals surface area contributed by atoms with Crippen LogP contribution in [0.2, 0.25) is 0 Å². The highest BCUT2D eigenvalue weighted by molar-refractivity contribution is 7.26. The third-order valence-electron chi connectivity index (χ3n) is 9.00. The second-order valence-corrected chi connectivity index (χ2v) is 14.4. The van der Waals surface area contributed by atoms with Crippen LogP contribution in [0.25, 0.3) is 62.6 Å². The molecule has 0 amide bonds. The molecular formula is C47H37NS2. The molecule has 0 bridgehead atoms. The van der Waals surface area contributed by atoms with Crippen LogP contribution in [0, 0.1) is 11.3 Å². The highest BCUT2D eigenvalue weighted by atomic mass is 32.1. The summed E-state index contributed by atoms with van der Waals surface area (Å²) in [7, 11) is 0. The van der Waals surface area contributed by atoms with Gasteiger partial charge >= 0.3 is 0 Å². The molecule has 0 fully saturated rings. The van der Waals surface area contributed by atoms with E-state index in [1.807, 2.05) is 77.4 Å². The van der Waals surface area contributed by atoms with E-state index in [1.165, 1.54) is 45.9 Å². The molecule has 2 heterocycles. The molecule has 7 rings (SSSR count). The summed E-state index contributed by atoms with van der Waals surface area (Å²) >= 11 is 3.67. The highest BCUT2D eigenvalue weighted by Crippen LogP contribution is 2.41. The summed E-state index contributed by atoms with van der Waals surface area (Å²) in [5.74, 6) is 0.265. The molecule has 242 valence electrons. The molecule has 2 aromatic heterocycles. The van der Waals surface area contributed by atoms with Gasteiger partial charge in [-0.3, -0.25) is 0 Å². The van der Waals surface area contributed by atoms with Crippen molar-refractivity contribution in [2.45, 2.75) is 6.92 Å². The first-order valence-electron chi connectivity index (χ1n) is 16.7. The summed E-state index contributed by atoms with van der Waals surface area (Å²) < 4.78 is 5.18. The SMILES string of the molecule is C=C/C=C(\C=C)C(C)\C=C/C=C\C=C\C=C/C(=N)c1ccc(-c2ccc3sc4ccccc4c3c2)c(-c2ccc3sc4ccccc4c3c2)c1. The number of benzene rings is 5. The van der Waals surface area contributed by atoms with Crippen molar-refractivity contribution in [3.63, 3.8) is 0 Å². The van der Waals surface area contributed by atoms with Crippen molar-refractivity contribution in [1.29, 1.82) is 5.41 Å². The maximum absolute atomic E-state index is 8.97. The lowest BCUT2D eigenvalue weighted by Crippen LogP contribution is -1.96. The van der Waals surface area contributed by atoms with Gasteiger partial charge in [-0.2, -0.15) is 0 Å². The molecule has 7 aromatic rings. The van der Waals surface area contributed by atoms with E-state index in [2.05, 4.69) is 129 Å². The summed E-state index contributed by atoms with van der Waals surface area (Å²) in [5.41, 5.74) is 7.09. The Balaban J connectivity index is 1.20. The van der Waals surface area contributed by atoms with Gasteiger partial charge in [-0.15, -0.1) is 22.7 Å². The summed E-state index contributed by atoms with van der Waals surface area (Å²) in [5, 5.41) is 14.1. The Labute approximate surface area is 302 Å². The largest absolute Gasteiger partial charge is 0.300 e. The molecule has 1 unspecified atom stereocenters. The van der Waals surface area contributed by atoms with E-state index in [-0.39, 0.29) is 5.92 Å². The number of nitrogens with one attached hydrogen (secondary N) is 1. The van der Waals surface area contributed by atoms with Gasteiger partial charge in [0.1, 0.15) is 0 Å². The van der Waals surface area contributed by atoms with Gasteiger partial charge in [-0.05, 0) is 82.3 Å². The number of allylic oxidation sites excluding steroid dienone is 12. The quantitative estimate of drug-likeness (QED) is 0.104. The molecule has 1 nitrogen and oxygen atoms in total. The van der Waals surface area contributed by atoms with E-state index in [0.29, 0.717) is 5.71 Å². The first-order valence-corrected chi connectivity index (χ1v) is 18.4. The monoisotopic (exact) mass is 679 g/mol. The Kier molecular flexibility index (Phi) is 9.79. The predicted molar refractivity (Wildman–Crippen MR) is 224 cm³/mol. The van der Waals surface area contributed by atoms with Gasteiger partial charge < -0.3 is 5.41 Å². The maximum Gasteiger partial charge on any atom is 0.0612 e. The number of thiophene rings is 2. The first kappa shape index (κ1) is 32.9. The number of fused-ring (bicyclic) bond motifs is 6. The number of rotatable bonds is 11. The third-order valence-corrected chi connectivity index (χ3v) is 11.3. The smallest absolute Gasteiger partial charge is 0.0612 e. The Morgan fingerprint density at radius 3 is 1.78 bits per heavy atom. The zero-order valence-corrected chi connectivity index (χ0v) is 29.6. The normalized spacial score (nSPS) is 13.3. The fourth-order valence-corrected chi connectivity index (χ4v) is 8.55. The van der Waals surface area contributed by atoms with Crippen molar-refractivity contribution in [3.05, 3.63) is 194 Å². The second kappa shape index (κ2) is 14.9. The predicted octanol–water partition coefficient (Wildman–Crippen LogP) is 14.3. The van der Waals surface area contributed by atoms with Crippen LogP contribution in [0.1, 0.15) is 12.5 Å². The molecule has 0 radical (unpaired) electrons. The molecule has 1 atom stereocenters. The molecule has 5 aromatic carbocycles. The standard InChI is InChI=1S/C47H37NS2/c1-4-16-33(5-2)32(3)17-10-8-6-7-9-11-20-43(48)36-23-26-37(34-24-27-46-41(29-34)38-18-12-14-21-44(38)49-46)40(31-36)35-25-28-47-42(30-35)39-19-13-15-22-45(39)50-47/h4-32,48H,1-2H2,3H3/b8-6-,9-7+,17-10-,20-11-,33-16+,48-43?. The minimum Gasteiger partial charge on any atom is -0.300 e.